The largest absolute Gasteiger partial charge is 0.507 e. The van der Waals surface area contributed by atoms with Crippen LogP contribution < -0.4 is 4.74 Å². The third-order valence-corrected chi connectivity index (χ3v) is 6.59. The van der Waals surface area contributed by atoms with Crippen molar-refractivity contribution in [1.29, 1.82) is 0 Å². The fourth-order valence-electron chi connectivity index (χ4n) is 4.81. The molecule has 1 fully saturated rings. The molecule has 7 heteroatoms. The van der Waals surface area contributed by atoms with Gasteiger partial charge < -0.3 is 19.5 Å². The SMILES string of the molecule is CC(C)CCOc1cccc([C@H]2c3c(-c4ccccc4O)n[nH]c3C(=O)N2C[C@H]2CCCO2)c1. The van der Waals surface area contributed by atoms with Crippen LogP contribution in [0.5, 0.6) is 11.5 Å². The topological polar surface area (TPSA) is 87.7 Å². The number of nitrogens with one attached hydrogen (secondary N) is 1. The van der Waals surface area contributed by atoms with Crippen LogP contribution in [0.15, 0.2) is 48.5 Å². The lowest BCUT2D eigenvalue weighted by Crippen LogP contribution is -2.36. The van der Waals surface area contributed by atoms with Crippen LogP contribution in [0, 0.1) is 5.92 Å². The van der Waals surface area contributed by atoms with E-state index in [1.54, 1.807) is 12.1 Å². The van der Waals surface area contributed by atoms with E-state index >= 15 is 0 Å². The first-order chi connectivity index (χ1) is 16.5. The van der Waals surface area contributed by atoms with Crippen LogP contribution in [0.4, 0.5) is 0 Å². The minimum Gasteiger partial charge on any atom is -0.507 e. The number of phenolic OH excluding ortho intramolecular Hbond substituents is 1. The van der Waals surface area contributed by atoms with Gasteiger partial charge >= 0.3 is 0 Å². The van der Waals surface area contributed by atoms with E-state index in [0.717, 1.165) is 42.7 Å². The zero-order valence-electron chi connectivity index (χ0n) is 19.7. The van der Waals surface area contributed by atoms with Crippen LogP contribution in [0.1, 0.15) is 60.8 Å². The van der Waals surface area contributed by atoms with Crippen molar-refractivity contribution in [1.82, 2.24) is 15.1 Å². The van der Waals surface area contributed by atoms with Crippen molar-refractivity contribution in [3.63, 3.8) is 0 Å². The second-order valence-electron chi connectivity index (χ2n) is 9.48. The molecular formula is C27H31N3O4. The summed E-state index contributed by atoms with van der Waals surface area (Å²) in [5, 5.41) is 17.9. The molecule has 2 aromatic carbocycles. The summed E-state index contributed by atoms with van der Waals surface area (Å²) >= 11 is 0. The number of amides is 1. The minimum atomic E-state index is -0.353. The maximum absolute atomic E-state index is 13.5. The molecule has 7 nitrogen and oxygen atoms in total. The average molecular weight is 462 g/mol. The van der Waals surface area contributed by atoms with Crippen LogP contribution in [-0.4, -0.2) is 52.0 Å². The maximum Gasteiger partial charge on any atom is 0.273 e. The average Bonchev–Trinajstić information content (AvgIpc) is 3.54. The molecule has 2 aliphatic heterocycles. The number of carbonyl (C=O) groups is 1. The number of nitrogens with zero attached hydrogens (tertiary/aromatic N) is 2. The number of carbonyl (C=O) groups excluding carboxylic acids is 1. The third-order valence-electron chi connectivity index (χ3n) is 6.59. The van der Waals surface area contributed by atoms with Crippen LogP contribution in [0.25, 0.3) is 11.3 Å². The molecule has 2 aliphatic rings. The molecule has 5 rings (SSSR count). The standard InChI is InChI=1S/C27H31N3O4/c1-17(2)12-14-34-19-8-5-7-18(15-19)26-23-24(21-10-3-4-11-22(21)31)28-29-25(23)27(32)30(26)16-20-9-6-13-33-20/h3-5,7-8,10-11,15,17,20,26,31H,6,9,12-14,16H2,1-2H3,(H,28,29)/t20-,26+/m1/s1. The van der Waals surface area contributed by atoms with E-state index in [-0.39, 0.29) is 23.8 Å². The zero-order chi connectivity index (χ0) is 23.7. The summed E-state index contributed by atoms with van der Waals surface area (Å²) in [4.78, 5) is 15.4. The van der Waals surface area contributed by atoms with Crippen molar-refractivity contribution in [3.8, 4) is 22.8 Å². The second kappa shape index (κ2) is 9.50. The molecule has 1 amide bonds. The number of aromatic hydroxyl groups is 1. The maximum atomic E-state index is 13.5. The number of ether oxygens (including phenoxy) is 2. The Balaban J connectivity index is 1.55. The van der Waals surface area contributed by atoms with Crippen molar-refractivity contribution in [2.45, 2.75) is 45.3 Å². The van der Waals surface area contributed by atoms with Crippen LogP contribution >= 0.6 is 0 Å². The lowest BCUT2D eigenvalue weighted by atomic mass is 9.95. The lowest BCUT2D eigenvalue weighted by Gasteiger charge is -2.28. The van der Waals surface area contributed by atoms with Crippen LogP contribution in [0.3, 0.4) is 0 Å². The Morgan fingerprint density at radius 1 is 1.24 bits per heavy atom. The fraction of sp³-hybridized carbons (Fsp3) is 0.407. The number of aromatic nitrogens is 2. The predicted octanol–water partition coefficient (Wildman–Crippen LogP) is 4.93. The molecule has 3 heterocycles. The van der Waals surface area contributed by atoms with Crippen molar-refractivity contribution < 1.29 is 19.4 Å². The molecule has 34 heavy (non-hydrogen) atoms. The molecule has 178 valence electrons. The number of phenols is 1. The summed E-state index contributed by atoms with van der Waals surface area (Å²) in [6.45, 7) is 6.23. The zero-order valence-corrected chi connectivity index (χ0v) is 19.7. The van der Waals surface area contributed by atoms with Gasteiger partial charge in [0.2, 0.25) is 0 Å². The number of para-hydroxylation sites is 1. The highest BCUT2D eigenvalue weighted by Crippen LogP contribution is 2.45. The number of benzene rings is 2. The number of hydrogen-bond donors (Lipinski definition) is 2. The molecule has 0 saturated carbocycles. The van der Waals surface area contributed by atoms with E-state index in [4.69, 9.17) is 9.47 Å². The molecule has 2 N–H and O–H groups in total. The van der Waals surface area contributed by atoms with Gasteiger partial charge in [0.05, 0.1) is 18.8 Å². The Morgan fingerprint density at radius 2 is 2.09 bits per heavy atom. The van der Waals surface area contributed by atoms with Crippen molar-refractivity contribution >= 4 is 5.91 Å². The van der Waals surface area contributed by atoms with Gasteiger partial charge in [-0.05, 0) is 55.0 Å². The Hall–Kier alpha value is -3.32. The first-order valence-electron chi connectivity index (χ1n) is 12.0. The Bertz CT molecular complexity index is 1170. The molecule has 1 saturated heterocycles. The predicted molar refractivity (Wildman–Crippen MR) is 129 cm³/mol. The van der Waals surface area contributed by atoms with Crippen molar-refractivity contribution in [3.05, 3.63) is 65.4 Å². The molecule has 0 bridgehead atoms. The van der Waals surface area contributed by atoms with E-state index in [0.29, 0.717) is 36.0 Å². The fourth-order valence-corrected chi connectivity index (χ4v) is 4.81. The number of rotatable bonds is 8. The van der Waals surface area contributed by atoms with E-state index in [1.807, 2.05) is 41.3 Å². The normalized spacial score (nSPS) is 19.7. The van der Waals surface area contributed by atoms with Gasteiger partial charge in [0.15, 0.2) is 0 Å². The molecule has 1 aromatic heterocycles. The van der Waals surface area contributed by atoms with Gasteiger partial charge in [-0.3, -0.25) is 9.89 Å². The first kappa shape index (κ1) is 22.5. The van der Waals surface area contributed by atoms with Crippen molar-refractivity contribution in [2.75, 3.05) is 19.8 Å². The number of H-pyrrole nitrogens is 1. The van der Waals surface area contributed by atoms with Gasteiger partial charge in [-0.2, -0.15) is 5.10 Å². The van der Waals surface area contributed by atoms with Gasteiger partial charge in [0.1, 0.15) is 22.9 Å². The van der Waals surface area contributed by atoms with Gasteiger partial charge in [-0.1, -0.05) is 38.1 Å². The van der Waals surface area contributed by atoms with Gasteiger partial charge in [-0.15, -0.1) is 0 Å². The summed E-state index contributed by atoms with van der Waals surface area (Å²) in [6, 6.07) is 14.7. The summed E-state index contributed by atoms with van der Waals surface area (Å²) in [6.07, 6.45) is 2.93. The molecule has 2 atom stereocenters. The van der Waals surface area contributed by atoms with E-state index in [9.17, 15) is 9.90 Å². The number of fused-ring (bicyclic) bond motifs is 1. The van der Waals surface area contributed by atoms with E-state index < -0.39 is 0 Å². The lowest BCUT2D eigenvalue weighted by molar-refractivity contribution is 0.0495. The van der Waals surface area contributed by atoms with Crippen molar-refractivity contribution in [2.24, 2.45) is 5.92 Å². The highest BCUT2D eigenvalue weighted by Gasteiger charge is 2.43. The molecule has 0 radical (unpaired) electrons. The minimum absolute atomic E-state index is 0.0162. The summed E-state index contributed by atoms with van der Waals surface area (Å²) in [5.74, 6) is 1.37. The highest BCUT2D eigenvalue weighted by atomic mass is 16.5. The smallest absolute Gasteiger partial charge is 0.273 e. The molecule has 3 aromatic rings. The van der Waals surface area contributed by atoms with Gasteiger partial charge in [0.25, 0.3) is 5.91 Å². The highest BCUT2D eigenvalue weighted by molar-refractivity contribution is 6.00. The number of aromatic amines is 1. The first-order valence-corrected chi connectivity index (χ1v) is 12.0. The van der Waals surface area contributed by atoms with Gasteiger partial charge in [-0.25, -0.2) is 0 Å². The van der Waals surface area contributed by atoms with Crippen LogP contribution in [0.2, 0.25) is 0 Å². The summed E-state index contributed by atoms with van der Waals surface area (Å²) in [7, 11) is 0. The molecule has 0 unspecified atom stereocenters. The molecule has 0 spiro atoms. The summed E-state index contributed by atoms with van der Waals surface area (Å²) < 4.78 is 11.9. The summed E-state index contributed by atoms with van der Waals surface area (Å²) in [5.41, 5.74) is 3.38. The Morgan fingerprint density at radius 3 is 2.85 bits per heavy atom. The van der Waals surface area contributed by atoms with E-state index in [2.05, 4.69) is 24.0 Å². The van der Waals surface area contributed by atoms with E-state index in [1.165, 1.54) is 0 Å². The monoisotopic (exact) mass is 461 g/mol. The Kier molecular flexibility index (Phi) is 6.28. The quantitative estimate of drug-likeness (QED) is 0.497. The molecular weight excluding hydrogens is 430 g/mol. The second-order valence-corrected chi connectivity index (χ2v) is 9.48. The van der Waals surface area contributed by atoms with Crippen LogP contribution in [-0.2, 0) is 4.74 Å². The number of hydrogen-bond acceptors (Lipinski definition) is 5. The Labute approximate surface area is 199 Å². The van der Waals surface area contributed by atoms with Gasteiger partial charge in [0, 0.05) is 24.3 Å². The third kappa shape index (κ3) is 4.28. The molecule has 0 aliphatic carbocycles.